The van der Waals surface area contributed by atoms with Gasteiger partial charge in [0.05, 0.1) is 13.2 Å². The number of pyridine rings is 1. The molecule has 3 aromatic rings. The summed E-state index contributed by atoms with van der Waals surface area (Å²) < 4.78 is 42.6. The smallest absolute Gasteiger partial charge is 0.303 e. The Hall–Kier alpha value is -2.52. The number of aromatic nitrogens is 4. The summed E-state index contributed by atoms with van der Waals surface area (Å²) in [6, 6.07) is 12.6. The highest BCUT2D eigenvalue weighted by Crippen LogP contribution is 2.20. The average Bonchev–Trinajstić information content (AvgIpc) is 2.90. The van der Waals surface area contributed by atoms with E-state index in [1.165, 1.54) is 9.58 Å². The van der Waals surface area contributed by atoms with E-state index in [4.69, 9.17) is 12.2 Å². The zero-order valence-electron chi connectivity index (χ0n) is 14.6. The third kappa shape index (κ3) is 5.01. The van der Waals surface area contributed by atoms with Gasteiger partial charge in [0.25, 0.3) is 0 Å². The van der Waals surface area contributed by atoms with Crippen molar-refractivity contribution in [1.82, 2.24) is 24.2 Å². The van der Waals surface area contributed by atoms with Gasteiger partial charge >= 0.3 is 6.18 Å². The molecule has 0 saturated carbocycles. The number of alkyl halides is 3. The molecule has 0 atom stereocenters. The summed E-state index contributed by atoms with van der Waals surface area (Å²) in [7, 11) is 1.74. The van der Waals surface area contributed by atoms with Gasteiger partial charge in [-0.2, -0.15) is 18.3 Å². The van der Waals surface area contributed by atoms with Gasteiger partial charge in [-0.15, -0.1) is 0 Å². The maximum atomic E-state index is 13.1. The van der Waals surface area contributed by atoms with Crippen molar-refractivity contribution < 1.29 is 13.2 Å². The summed E-state index contributed by atoms with van der Waals surface area (Å²) in [6.45, 7) is -0.981. The first-order chi connectivity index (χ1) is 12.8. The number of benzene rings is 1. The third-order valence-electron chi connectivity index (χ3n) is 3.95. The number of halogens is 3. The zero-order valence-corrected chi connectivity index (χ0v) is 15.4. The lowest BCUT2D eigenvalue weighted by Crippen LogP contribution is -2.35. The average molecular weight is 393 g/mol. The number of hydrogen-bond acceptors (Lipinski definition) is 4. The summed E-state index contributed by atoms with van der Waals surface area (Å²) in [5, 5.41) is 4.42. The molecule has 0 bridgehead atoms. The number of hydrogen-bond donors (Lipinski definition) is 0. The van der Waals surface area contributed by atoms with Gasteiger partial charge in [0.15, 0.2) is 10.6 Å². The van der Waals surface area contributed by atoms with Gasteiger partial charge in [0.1, 0.15) is 0 Å². The Labute approximate surface area is 159 Å². The molecule has 3 rings (SSSR count). The van der Waals surface area contributed by atoms with E-state index >= 15 is 0 Å². The monoisotopic (exact) mass is 393 g/mol. The quantitative estimate of drug-likeness (QED) is 0.593. The van der Waals surface area contributed by atoms with Crippen molar-refractivity contribution in [1.29, 1.82) is 0 Å². The van der Waals surface area contributed by atoms with Crippen LogP contribution in [0.1, 0.15) is 5.56 Å². The molecule has 0 aliphatic rings. The highest BCUT2D eigenvalue weighted by Gasteiger charge is 2.31. The normalized spacial score (nSPS) is 11.9. The Kier molecular flexibility index (Phi) is 5.71. The summed E-state index contributed by atoms with van der Waals surface area (Å²) in [5.41, 5.74) is 1.53. The van der Waals surface area contributed by atoms with E-state index in [0.29, 0.717) is 10.6 Å². The van der Waals surface area contributed by atoms with Gasteiger partial charge in [-0.25, -0.2) is 4.68 Å². The minimum absolute atomic E-state index is 0.0681. The van der Waals surface area contributed by atoms with Crippen molar-refractivity contribution in [2.75, 3.05) is 6.54 Å². The fourth-order valence-corrected chi connectivity index (χ4v) is 2.95. The zero-order chi connectivity index (χ0) is 19.4. The highest BCUT2D eigenvalue weighted by molar-refractivity contribution is 7.71. The second-order valence-electron chi connectivity index (χ2n) is 6.14. The predicted molar refractivity (Wildman–Crippen MR) is 98.2 cm³/mol. The molecular weight excluding hydrogens is 375 g/mol. The maximum absolute atomic E-state index is 13.1. The van der Waals surface area contributed by atoms with E-state index in [1.54, 1.807) is 54.3 Å². The second-order valence-corrected chi connectivity index (χ2v) is 6.50. The molecule has 0 N–H and O–H groups in total. The SMILES string of the molecule is Cn1c(-c2cccnc2)nn(CN(Cc2ccccc2)CC(F)(F)F)c1=S. The molecule has 0 aliphatic carbocycles. The van der Waals surface area contributed by atoms with Gasteiger partial charge in [0, 0.05) is 31.5 Å². The minimum Gasteiger partial charge on any atom is -0.303 e. The van der Waals surface area contributed by atoms with Crippen molar-refractivity contribution in [2.45, 2.75) is 19.4 Å². The van der Waals surface area contributed by atoms with E-state index < -0.39 is 12.7 Å². The second kappa shape index (κ2) is 8.01. The molecule has 2 aromatic heterocycles. The Morgan fingerprint density at radius 3 is 2.48 bits per heavy atom. The Bertz CT molecular complexity index is 935. The van der Waals surface area contributed by atoms with E-state index in [9.17, 15) is 13.2 Å². The largest absolute Gasteiger partial charge is 0.401 e. The van der Waals surface area contributed by atoms with Crippen molar-refractivity contribution in [2.24, 2.45) is 7.05 Å². The van der Waals surface area contributed by atoms with Crippen molar-refractivity contribution in [3.8, 4) is 11.4 Å². The van der Waals surface area contributed by atoms with Gasteiger partial charge in [-0.1, -0.05) is 30.3 Å². The fraction of sp³-hybridized carbons (Fsp3) is 0.278. The van der Waals surface area contributed by atoms with Crippen LogP contribution in [0.2, 0.25) is 0 Å². The van der Waals surface area contributed by atoms with E-state index in [0.717, 1.165) is 11.1 Å². The third-order valence-corrected chi connectivity index (χ3v) is 4.43. The Morgan fingerprint density at radius 1 is 1.11 bits per heavy atom. The summed E-state index contributed by atoms with van der Waals surface area (Å²) in [6.07, 6.45) is -1.04. The van der Waals surface area contributed by atoms with E-state index in [2.05, 4.69) is 10.1 Å². The first-order valence-corrected chi connectivity index (χ1v) is 8.61. The lowest BCUT2D eigenvalue weighted by molar-refractivity contribution is -0.151. The molecule has 5 nitrogen and oxygen atoms in total. The van der Waals surface area contributed by atoms with Crippen molar-refractivity contribution in [3.63, 3.8) is 0 Å². The molecule has 27 heavy (non-hydrogen) atoms. The van der Waals surface area contributed by atoms with Crippen molar-refractivity contribution >= 4 is 12.2 Å². The van der Waals surface area contributed by atoms with Gasteiger partial charge < -0.3 is 4.57 Å². The van der Waals surface area contributed by atoms with Gasteiger partial charge in [-0.05, 0) is 29.9 Å². The first kappa shape index (κ1) is 19.2. The van der Waals surface area contributed by atoms with Crippen LogP contribution in [0.15, 0.2) is 54.9 Å². The van der Waals surface area contributed by atoms with Crippen molar-refractivity contribution in [3.05, 3.63) is 65.2 Å². The summed E-state index contributed by atoms with van der Waals surface area (Å²) >= 11 is 5.37. The van der Waals surface area contributed by atoms with E-state index in [1.807, 2.05) is 12.1 Å². The van der Waals surface area contributed by atoms with Gasteiger partial charge in [-0.3, -0.25) is 9.88 Å². The summed E-state index contributed by atoms with van der Waals surface area (Å²) in [5.74, 6) is 0.555. The number of rotatable bonds is 6. The molecule has 0 saturated heterocycles. The van der Waals surface area contributed by atoms with E-state index in [-0.39, 0.29) is 13.2 Å². The molecule has 0 unspecified atom stereocenters. The first-order valence-electron chi connectivity index (χ1n) is 8.21. The molecule has 0 spiro atoms. The maximum Gasteiger partial charge on any atom is 0.401 e. The topological polar surface area (TPSA) is 38.9 Å². The predicted octanol–water partition coefficient (Wildman–Crippen LogP) is 4.04. The van der Waals surface area contributed by atoms with Crippen LogP contribution in [0.4, 0.5) is 13.2 Å². The standard InChI is InChI=1S/C18H18F3N5S/c1-24-16(15-8-5-9-22-10-15)23-26(17(24)27)13-25(12-18(19,20)21)11-14-6-3-2-4-7-14/h2-10H,11-13H2,1H3. The van der Waals surface area contributed by atoms with Crippen LogP contribution >= 0.6 is 12.2 Å². The number of nitrogens with zero attached hydrogens (tertiary/aromatic N) is 5. The van der Waals surface area contributed by atoms with Crippen LogP contribution in [-0.2, 0) is 20.3 Å². The molecule has 2 heterocycles. The van der Waals surface area contributed by atoms with Crippen LogP contribution in [0.3, 0.4) is 0 Å². The molecule has 0 radical (unpaired) electrons. The fourth-order valence-electron chi connectivity index (χ4n) is 2.77. The molecule has 0 aliphatic heterocycles. The summed E-state index contributed by atoms with van der Waals surface area (Å²) in [4.78, 5) is 5.32. The Balaban J connectivity index is 1.88. The van der Waals surface area contributed by atoms with Crippen LogP contribution in [0.25, 0.3) is 11.4 Å². The molecule has 142 valence electrons. The highest BCUT2D eigenvalue weighted by atomic mass is 32.1. The molecule has 1 aromatic carbocycles. The van der Waals surface area contributed by atoms with Crippen LogP contribution in [0.5, 0.6) is 0 Å². The molecular formula is C18H18F3N5S. The molecule has 9 heteroatoms. The van der Waals surface area contributed by atoms with Crippen LogP contribution in [-0.4, -0.2) is 37.0 Å². The molecule has 0 amide bonds. The lowest BCUT2D eigenvalue weighted by atomic mass is 10.2. The van der Waals surface area contributed by atoms with Crippen LogP contribution in [0, 0.1) is 4.77 Å². The van der Waals surface area contributed by atoms with Gasteiger partial charge in [0.2, 0.25) is 0 Å². The molecule has 0 fully saturated rings. The Morgan fingerprint density at radius 2 is 1.85 bits per heavy atom. The van der Waals surface area contributed by atoms with Crippen LogP contribution < -0.4 is 0 Å². The minimum atomic E-state index is -4.32. The lowest BCUT2D eigenvalue weighted by Gasteiger charge is -2.23.